The molecule has 0 radical (unpaired) electrons. The fraction of sp³-hybridized carbons (Fsp3) is 0.700. The van der Waals surface area contributed by atoms with Gasteiger partial charge in [0.1, 0.15) is 0 Å². The van der Waals surface area contributed by atoms with E-state index in [0.29, 0.717) is 5.92 Å². The molecule has 0 amide bonds. The minimum absolute atomic E-state index is 0.559. The number of rotatable bonds is 2. The second kappa shape index (κ2) is 3.50. The van der Waals surface area contributed by atoms with Gasteiger partial charge in [-0.2, -0.15) is 5.10 Å². The van der Waals surface area contributed by atoms with E-state index in [-0.39, 0.29) is 0 Å². The highest BCUT2D eigenvalue weighted by Gasteiger charge is 2.21. The molecule has 1 aromatic rings. The first kappa shape index (κ1) is 8.75. The van der Waals surface area contributed by atoms with Crippen molar-refractivity contribution in [3.63, 3.8) is 0 Å². The van der Waals surface area contributed by atoms with Crippen LogP contribution in [0.1, 0.15) is 36.9 Å². The van der Waals surface area contributed by atoms with Crippen LogP contribution in [-0.2, 0) is 13.0 Å². The quantitative estimate of drug-likeness (QED) is 0.743. The molecule has 0 saturated heterocycles. The van der Waals surface area contributed by atoms with Crippen molar-refractivity contribution in [1.82, 2.24) is 9.78 Å². The number of hydrogen-bond acceptors (Lipinski definition) is 2. The Morgan fingerprint density at radius 2 is 2.54 bits per heavy atom. The molecule has 0 spiro atoms. The highest BCUT2D eigenvalue weighted by Crippen LogP contribution is 2.29. The molecule has 3 heteroatoms. The predicted molar refractivity (Wildman–Crippen MR) is 52.6 cm³/mol. The largest absolute Gasteiger partial charge is 0.330 e. The minimum atomic E-state index is 0.559. The summed E-state index contributed by atoms with van der Waals surface area (Å²) in [5.41, 5.74) is 8.41. The van der Waals surface area contributed by atoms with Crippen molar-refractivity contribution in [1.29, 1.82) is 0 Å². The zero-order valence-corrected chi connectivity index (χ0v) is 8.16. The molecule has 3 nitrogen and oxygen atoms in total. The van der Waals surface area contributed by atoms with Gasteiger partial charge in [0.15, 0.2) is 0 Å². The summed E-state index contributed by atoms with van der Waals surface area (Å²) in [5.74, 6) is 0.559. The minimum Gasteiger partial charge on any atom is -0.330 e. The molecule has 1 atom stereocenters. The van der Waals surface area contributed by atoms with E-state index in [0.717, 1.165) is 19.5 Å². The molecule has 72 valence electrons. The zero-order chi connectivity index (χ0) is 9.26. The van der Waals surface area contributed by atoms with Gasteiger partial charge in [0.05, 0.1) is 5.69 Å². The van der Waals surface area contributed by atoms with Gasteiger partial charge < -0.3 is 5.73 Å². The molecule has 0 aliphatic heterocycles. The maximum atomic E-state index is 5.73. The van der Waals surface area contributed by atoms with Crippen LogP contribution in [0.15, 0.2) is 6.20 Å². The van der Waals surface area contributed by atoms with Gasteiger partial charge in [-0.15, -0.1) is 0 Å². The van der Waals surface area contributed by atoms with Gasteiger partial charge >= 0.3 is 0 Å². The third kappa shape index (κ3) is 1.48. The van der Waals surface area contributed by atoms with Gasteiger partial charge in [-0.05, 0) is 44.2 Å². The van der Waals surface area contributed by atoms with Gasteiger partial charge in [-0.1, -0.05) is 0 Å². The standard InChI is InChI=1S/C10H17N3/c1-2-13-7-9-8(6-11)4-3-5-10(9)12-13/h7-8H,2-6,11H2,1H3. The van der Waals surface area contributed by atoms with E-state index in [4.69, 9.17) is 5.73 Å². The van der Waals surface area contributed by atoms with Crippen molar-refractivity contribution in [3.8, 4) is 0 Å². The van der Waals surface area contributed by atoms with E-state index < -0.39 is 0 Å². The van der Waals surface area contributed by atoms with E-state index in [9.17, 15) is 0 Å². The van der Waals surface area contributed by atoms with Crippen molar-refractivity contribution >= 4 is 0 Å². The fourth-order valence-corrected chi connectivity index (χ4v) is 2.09. The smallest absolute Gasteiger partial charge is 0.0659 e. The van der Waals surface area contributed by atoms with Crippen molar-refractivity contribution in [2.75, 3.05) is 6.54 Å². The van der Waals surface area contributed by atoms with E-state index in [1.807, 2.05) is 4.68 Å². The normalized spacial score (nSPS) is 21.5. The molecular weight excluding hydrogens is 162 g/mol. The average Bonchev–Trinajstić information content (AvgIpc) is 2.59. The monoisotopic (exact) mass is 179 g/mol. The Morgan fingerprint density at radius 3 is 3.23 bits per heavy atom. The second-order valence-corrected chi connectivity index (χ2v) is 3.71. The Morgan fingerprint density at radius 1 is 1.69 bits per heavy atom. The van der Waals surface area contributed by atoms with Crippen LogP contribution in [0.4, 0.5) is 0 Å². The highest BCUT2D eigenvalue weighted by molar-refractivity contribution is 5.25. The molecule has 1 aliphatic rings. The molecule has 0 bridgehead atoms. The lowest BCUT2D eigenvalue weighted by Gasteiger charge is -2.18. The predicted octanol–water partition coefficient (Wildman–Crippen LogP) is 1.28. The van der Waals surface area contributed by atoms with Crippen molar-refractivity contribution in [2.24, 2.45) is 5.73 Å². The summed E-state index contributed by atoms with van der Waals surface area (Å²) < 4.78 is 2.03. The summed E-state index contributed by atoms with van der Waals surface area (Å²) >= 11 is 0. The van der Waals surface area contributed by atoms with Gasteiger partial charge in [-0.25, -0.2) is 0 Å². The Kier molecular flexibility index (Phi) is 2.36. The summed E-state index contributed by atoms with van der Waals surface area (Å²) in [6, 6.07) is 0. The van der Waals surface area contributed by atoms with Crippen LogP contribution in [0.2, 0.25) is 0 Å². The van der Waals surface area contributed by atoms with Gasteiger partial charge in [0.2, 0.25) is 0 Å². The first-order valence-corrected chi connectivity index (χ1v) is 5.11. The maximum absolute atomic E-state index is 5.73. The highest BCUT2D eigenvalue weighted by atomic mass is 15.3. The fourth-order valence-electron chi connectivity index (χ4n) is 2.09. The molecule has 1 aromatic heterocycles. The van der Waals surface area contributed by atoms with E-state index in [2.05, 4.69) is 18.2 Å². The SMILES string of the molecule is CCn1cc2c(n1)CCCC2CN. The van der Waals surface area contributed by atoms with Crippen LogP contribution in [-0.4, -0.2) is 16.3 Å². The molecule has 1 aliphatic carbocycles. The Balaban J connectivity index is 2.32. The summed E-state index contributed by atoms with van der Waals surface area (Å²) in [6.45, 7) is 3.85. The van der Waals surface area contributed by atoms with Crippen LogP contribution < -0.4 is 5.73 Å². The molecule has 0 fully saturated rings. The Hall–Kier alpha value is -0.830. The lowest BCUT2D eigenvalue weighted by atomic mass is 9.87. The molecule has 1 unspecified atom stereocenters. The van der Waals surface area contributed by atoms with Gasteiger partial charge in [0.25, 0.3) is 0 Å². The van der Waals surface area contributed by atoms with Crippen LogP contribution in [0.3, 0.4) is 0 Å². The van der Waals surface area contributed by atoms with Crippen LogP contribution in [0, 0.1) is 0 Å². The third-order valence-electron chi connectivity index (χ3n) is 2.88. The Labute approximate surface area is 78.9 Å². The van der Waals surface area contributed by atoms with Crippen molar-refractivity contribution in [2.45, 2.75) is 38.6 Å². The van der Waals surface area contributed by atoms with E-state index >= 15 is 0 Å². The number of aryl methyl sites for hydroxylation is 2. The molecular formula is C10H17N3. The third-order valence-corrected chi connectivity index (χ3v) is 2.88. The molecule has 2 rings (SSSR count). The van der Waals surface area contributed by atoms with Crippen LogP contribution >= 0.6 is 0 Å². The molecule has 13 heavy (non-hydrogen) atoms. The first-order chi connectivity index (χ1) is 6.35. The lowest BCUT2D eigenvalue weighted by molar-refractivity contribution is 0.555. The number of nitrogens with two attached hydrogens (primary N) is 1. The Bertz CT molecular complexity index is 290. The number of hydrogen-bond donors (Lipinski definition) is 1. The van der Waals surface area contributed by atoms with E-state index in [1.165, 1.54) is 24.1 Å². The molecule has 1 heterocycles. The van der Waals surface area contributed by atoms with Gasteiger partial charge in [-0.3, -0.25) is 4.68 Å². The van der Waals surface area contributed by atoms with E-state index in [1.54, 1.807) is 0 Å². The average molecular weight is 179 g/mol. The zero-order valence-electron chi connectivity index (χ0n) is 8.16. The maximum Gasteiger partial charge on any atom is 0.0659 e. The number of fused-ring (bicyclic) bond motifs is 1. The first-order valence-electron chi connectivity index (χ1n) is 5.11. The molecule has 0 aromatic carbocycles. The summed E-state index contributed by atoms with van der Waals surface area (Å²) in [7, 11) is 0. The van der Waals surface area contributed by atoms with Crippen molar-refractivity contribution in [3.05, 3.63) is 17.5 Å². The number of nitrogens with zero attached hydrogens (tertiary/aromatic N) is 2. The van der Waals surface area contributed by atoms with Crippen LogP contribution in [0.25, 0.3) is 0 Å². The summed E-state index contributed by atoms with van der Waals surface area (Å²) in [5, 5.41) is 4.53. The molecule has 2 N–H and O–H groups in total. The second-order valence-electron chi connectivity index (χ2n) is 3.71. The topological polar surface area (TPSA) is 43.8 Å². The number of aromatic nitrogens is 2. The van der Waals surface area contributed by atoms with Gasteiger partial charge in [0, 0.05) is 12.7 Å². The van der Waals surface area contributed by atoms with Crippen LogP contribution in [0.5, 0.6) is 0 Å². The summed E-state index contributed by atoms with van der Waals surface area (Å²) in [6.07, 6.45) is 5.79. The molecule has 0 saturated carbocycles. The lowest BCUT2D eigenvalue weighted by Crippen LogP contribution is -2.17. The van der Waals surface area contributed by atoms with Crippen molar-refractivity contribution < 1.29 is 0 Å². The summed E-state index contributed by atoms with van der Waals surface area (Å²) in [4.78, 5) is 0.